The van der Waals surface area contributed by atoms with Gasteiger partial charge in [0.2, 0.25) is 5.60 Å². The Hall–Kier alpha value is -1.64. The number of nitrogens with zero attached hydrogens (tertiary/aromatic N) is 2. The number of likely N-dealkylation sites (N-methyl/N-ethyl adjacent to an activating group) is 1. The SMILES string of the molecule is CN1CCC(CN(C)C(=O)C(O)C(O)(c2ccccc2)C(F)(F)F)CC1. The van der Waals surface area contributed by atoms with E-state index in [-0.39, 0.29) is 12.5 Å². The van der Waals surface area contributed by atoms with Crippen LogP contribution in [-0.4, -0.2) is 71.9 Å². The summed E-state index contributed by atoms with van der Waals surface area (Å²) in [6, 6.07) is 6.19. The molecule has 1 amide bonds. The van der Waals surface area contributed by atoms with Crippen LogP contribution in [0.25, 0.3) is 0 Å². The van der Waals surface area contributed by atoms with E-state index in [1.54, 1.807) is 0 Å². The van der Waals surface area contributed by atoms with E-state index in [9.17, 15) is 28.2 Å². The van der Waals surface area contributed by atoms with Crippen LogP contribution < -0.4 is 0 Å². The molecule has 0 radical (unpaired) electrons. The number of alkyl halides is 3. The van der Waals surface area contributed by atoms with Crippen molar-refractivity contribution in [3.8, 4) is 0 Å². The van der Waals surface area contributed by atoms with E-state index in [1.165, 1.54) is 25.2 Å². The smallest absolute Gasteiger partial charge is 0.380 e. The van der Waals surface area contributed by atoms with Gasteiger partial charge in [-0.05, 0) is 44.5 Å². The van der Waals surface area contributed by atoms with Gasteiger partial charge in [-0.25, -0.2) is 0 Å². The third-order valence-electron chi connectivity index (χ3n) is 5.02. The highest BCUT2D eigenvalue weighted by molar-refractivity contribution is 5.82. The van der Waals surface area contributed by atoms with Crippen LogP contribution in [0.15, 0.2) is 30.3 Å². The van der Waals surface area contributed by atoms with Gasteiger partial charge in [0.15, 0.2) is 6.10 Å². The molecule has 0 aromatic heterocycles. The number of halogens is 3. The molecule has 0 bridgehead atoms. The van der Waals surface area contributed by atoms with E-state index >= 15 is 0 Å². The van der Waals surface area contributed by atoms with Gasteiger partial charge in [-0.1, -0.05) is 30.3 Å². The lowest BCUT2D eigenvalue weighted by atomic mass is 9.86. The lowest BCUT2D eigenvalue weighted by Crippen LogP contribution is -2.58. The summed E-state index contributed by atoms with van der Waals surface area (Å²) in [4.78, 5) is 15.7. The molecule has 0 aliphatic carbocycles. The molecule has 2 rings (SSSR count). The van der Waals surface area contributed by atoms with E-state index < -0.39 is 29.4 Å². The molecule has 1 aliphatic rings. The van der Waals surface area contributed by atoms with Gasteiger partial charge in [0, 0.05) is 13.6 Å². The Morgan fingerprint density at radius 2 is 1.81 bits per heavy atom. The Morgan fingerprint density at radius 1 is 1.27 bits per heavy atom. The second kappa shape index (κ2) is 7.94. The monoisotopic (exact) mass is 374 g/mol. The molecule has 2 atom stereocenters. The molecule has 0 saturated carbocycles. The number of carbonyl (C=O) groups is 1. The summed E-state index contributed by atoms with van der Waals surface area (Å²) in [5.41, 5.74) is -4.23. The molecule has 2 N–H and O–H groups in total. The number of likely N-dealkylation sites (tertiary alicyclic amines) is 1. The topological polar surface area (TPSA) is 64.0 Å². The van der Waals surface area contributed by atoms with Crippen molar-refractivity contribution >= 4 is 5.91 Å². The Balaban J connectivity index is 2.17. The molecule has 1 saturated heterocycles. The van der Waals surface area contributed by atoms with Crippen LogP contribution in [0.3, 0.4) is 0 Å². The van der Waals surface area contributed by atoms with Crippen LogP contribution >= 0.6 is 0 Å². The Bertz CT molecular complexity index is 603. The first-order valence-electron chi connectivity index (χ1n) is 8.53. The maximum atomic E-state index is 13.6. The molecule has 5 nitrogen and oxygen atoms in total. The Morgan fingerprint density at radius 3 is 2.31 bits per heavy atom. The number of aliphatic hydroxyl groups excluding tert-OH is 1. The number of carbonyl (C=O) groups excluding carboxylic acids is 1. The molecule has 1 aromatic carbocycles. The van der Waals surface area contributed by atoms with Crippen molar-refractivity contribution in [3.05, 3.63) is 35.9 Å². The maximum absolute atomic E-state index is 13.6. The van der Waals surface area contributed by atoms with Gasteiger partial charge in [0.05, 0.1) is 0 Å². The number of hydrogen-bond donors (Lipinski definition) is 2. The van der Waals surface area contributed by atoms with Crippen molar-refractivity contribution in [2.24, 2.45) is 5.92 Å². The predicted octanol–water partition coefficient (Wildman–Crippen LogP) is 1.60. The van der Waals surface area contributed by atoms with E-state index in [0.717, 1.165) is 43.0 Å². The van der Waals surface area contributed by atoms with E-state index in [2.05, 4.69) is 4.90 Å². The number of rotatable bonds is 5. The van der Waals surface area contributed by atoms with E-state index in [0.29, 0.717) is 0 Å². The molecule has 1 heterocycles. The van der Waals surface area contributed by atoms with Crippen LogP contribution in [0.2, 0.25) is 0 Å². The maximum Gasteiger partial charge on any atom is 0.424 e. The highest BCUT2D eigenvalue weighted by Crippen LogP contribution is 2.42. The molecule has 2 unspecified atom stereocenters. The van der Waals surface area contributed by atoms with Crippen molar-refractivity contribution < 1.29 is 28.2 Å². The van der Waals surface area contributed by atoms with E-state index in [4.69, 9.17) is 0 Å². The summed E-state index contributed by atoms with van der Waals surface area (Å²) >= 11 is 0. The number of benzene rings is 1. The second-order valence-electron chi connectivity index (χ2n) is 7.00. The lowest BCUT2D eigenvalue weighted by Gasteiger charge is -2.37. The number of aliphatic hydroxyl groups is 2. The minimum atomic E-state index is -5.21. The fourth-order valence-corrected chi connectivity index (χ4v) is 3.28. The van der Waals surface area contributed by atoms with Crippen LogP contribution in [0.1, 0.15) is 18.4 Å². The number of hydrogen-bond acceptors (Lipinski definition) is 4. The van der Waals surface area contributed by atoms with Gasteiger partial charge >= 0.3 is 6.18 Å². The summed E-state index contributed by atoms with van der Waals surface area (Å²) in [7, 11) is 3.34. The van der Waals surface area contributed by atoms with E-state index in [1.807, 2.05) is 7.05 Å². The molecular weight excluding hydrogens is 349 g/mol. The lowest BCUT2D eigenvalue weighted by molar-refractivity contribution is -0.294. The Labute approximate surface area is 151 Å². The summed E-state index contributed by atoms with van der Waals surface area (Å²) < 4.78 is 40.7. The van der Waals surface area contributed by atoms with Gasteiger partial charge in [-0.15, -0.1) is 0 Å². The summed E-state index contributed by atoms with van der Waals surface area (Å²) in [6.07, 6.45) is -6.20. The summed E-state index contributed by atoms with van der Waals surface area (Å²) in [5, 5.41) is 20.5. The first-order valence-corrected chi connectivity index (χ1v) is 8.53. The van der Waals surface area contributed by atoms with Crippen molar-refractivity contribution in [3.63, 3.8) is 0 Å². The van der Waals surface area contributed by atoms with Gasteiger partial charge < -0.3 is 20.0 Å². The van der Waals surface area contributed by atoms with Gasteiger partial charge in [0.1, 0.15) is 0 Å². The molecule has 1 aromatic rings. The quantitative estimate of drug-likeness (QED) is 0.822. The molecule has 0 spiro atoms. The molecular formula is C18H25F3N2O3. The summed E-state index contributed by atoms with van der Waals surface area (Å²) in [6.45, 7) is 1.95. The third-order valence-corrected chi connectivity index (χ3v) is 5.02. The number of amides is 1. The van der Waals surface area contributed by atoms with Gasteiger partial charge in [-0.3, -0.25) is 4.79 Å². The van der Waals surface area contributed by atoms with Crippen molar-refractivity contribution in [1.82, 2.24) is 9.80 Å². The average Bonchev–Trinajstić information content (AvgIpc) is 2.61. The van der Waals surface area contributed by atoms with Gasteiger partial charge in [-0.2, -0.15) is 13.2 Å². The van der Waals surface area contributed by atoms with Crippen LogP contribution in [-0.2, 0) is 10.4 Å². The standard InChI is InChI=1S/C18H25F3N2O3/c1-22-10-8-13(9-11-22)12-23(2)16(25)15(24)17(26,18(19,20)21)14-6-4-3-5-7-14/h3-7,13,15,24,26H,8-12H2,1-2H3. The molecule has 1 aliphatic heterocycles. The minimum Gasteiger partial charge on any atom is -0.380 e. The second-order valence-corrected chi connectivity index (χ2v) is 7.00. The van der Waals surface area contributed by atoms with Crippen LogP contribution in [0, 0.1) is 5.92 Å². The van der Waals surface area contributed by atoms with Gasteiger partial charge in [0.25, 0.3) is 5.91 Å². The minimum absolute atomic E-state index is 0.156. The molecule has 146 valence electrons. The zero-order chi connectivity index (χ0) is 19.5. The van der Waals surface area contributed by atoms with Crippen LogP contribution in [0.4, 0.5) is 13.2 Å². The Kier molecular flexibility index (Phi) is 6.31. The zero-order valence-electron chi connectivity index (χ0n) is 14.9. The first kappa shape index (κ1) is 20.7. The number of piperidine rings is 1. The largest absolute Gasteiger partial charge is 0.424 e. The normalized spacial score (nSPS) is 20.4. The van der Waals surface area contributed by atoms with Crippen molar-refractivity contribution in [1.29, 1.82) is 0 Å². The summed E-state index contributed by atoms with van der Waals surface area (Å²) in [5.74, 6) is -0.990. The average molecular weight is 374 g/mol. The first-order chi connectivity index (χ1) is 12.1. The highest BCUT2D eigenvalue weighted by atomic mass is 19.4. The fourth-order valence-electron chi connectivity index (χ4n) is 3.28. The molecule has 1 fully saturated rings. The van der Waals surface area contributed by atoms with Crippen molar-refractivity contribution in [2.45, 2.75) is 30.7 Å². The highest BCUT2D eigenvalue weighted by Gasteiger charge is 2.62. The molecule has 26 heavy (non-hydrogen) atoms. The third kappa shape index (κ3) is 4.19. The zero-order valence-corrected chi connectivity index (χ0v) is 14.9. The van der Waals surface area contributed by atoms with Crippen molar-refractivity contribution in [2.75, 3.05) is 33.7 Å². The molecule has 8 heteroatoms. The predicted molar refractivity (Wildman–Crippen MR) is 90.3 cm³/mol. The fraction of sp³-hybridized carbons (Fsp3) is 0.611. The van der Waals surface area contributed by atoms with Crippen LogP contribution in [0.5, 0.6) is 0 Å².